The molecule has 0 unspecified atom stereocenters. The molecule has 0 aliphatic rings. The van der Waals surface area contributed by atoms with Gasteiger partial charge in [-0.3, -0.25) is 4.79 Å². The number of pyridine rings is 1. The van der Waals surface area contributed by atoms with Gasteiger partial charge < -0.3 is 9.40 Å². The monoisotopic (exact) mass is 388 g/mol. The molecule has 26 heavy (non-hydrogen) atoms. The van der Waals surface area contributed by atoms with Gasteiger partial charge >= 0.3 is 0 Å². The maximum Gasteiger partial charge on any atom is 0.249 e. The van der Waals surface area contributed by atoms with Crippen LogP contribution in [0.3, 0.4) is 0 Å². The van der Waals surface area contributed by atoms with Gasteiger partial charge in [0.25, 0.3) is 0 Å². The summed E-state index contributed by atoms with van der Waals surface area (Å²) < 4.78 is 32.3. The number of sulfonamides is 1. The Labute approximate surface area is 153 Å². The molecule has 0 fully saturated rings. The first kappa shape index (κ1) is 16.8. The molecule has 0 saturated heterocycles. The van der Waals surface area contributed by atoms with Crippen molar-refractivity contribution in [2.75, 3.05) is 7.05 Å². The van der Waals surface area contributed by atoms with Gasteiger partial charge in [-0.25, -0.2) is 13.1 Å². The topological polar surface area (TPSA) is 92.2 Å². The second-order valence-electron chi connectivity index (χ2n) is 5.73. The second-order valence-corrected chi connectivity index (χ2v) is 8.05. The van der Waals surface area contributed by atoms with Crippen molar-refractivity contribution in [3.8, 4) is 11.1 Å². The largest absolute Gasteiger partial charge is 0.454 e. The van der Waals surface area contributed by atoms with Gasteiger partial charge in [0.2, 0.25) is 15.6 Å². The molecule has 4 aromatic rings. The van der Waals surface area contributed by atoms with Crippen LogP contribution in [0.25, 0.3) is 33.2 Å². The maximum atomic E-state index is 12.2. The number of rotatable bonds is 3. The molecule has 4 rings (SSSR count). The van der Waals surface area contributed by atoms with E-state index in [-0.39, 0.29) is 10.5 Å². The van der Waals surface area contributed by atoms with E-state index in [1.165, 1.54) is 25.2 Å². The molecule has 0 aliphatic carbocycles. The van der Waals surface area contributed by atoms with Crippen molar-refractivity contribution < 1.29 is 12.8 Å². The molecule has 0 aliphatic heterocycles. The fourth-order valence-electron chi connectivity index (χ4n) is 2.90. The molecule has 0 spiro atoms. The van der Waals surface area contributed by atoms with Gasteiger partial charge in [-0.05, 0) is 42.9 Å². The molecule has 0 atom stereocenters. The number of benzene rings is 2. The molecule has 0 bridgehead atoms. The van der Waals surface area contributed by atoms with Crippen LogP contribution in [-0.4, -0.2) is 20.4 Å². The number of H-pyrrole nitrogens is 1. The Balaban J connectivity index is 2.05. The molecule has 8 heteroatoms. The van der Waals surface area contributed by atoms with Gasteiger partial charge in [-0.2, -0.15) is 0 Å². The van der Waals surface area contributed by atoms with Gasteiger partial charge in [0.1, 0.15) is 5.58 Å². The van der Waals surface area contributed by atoms with E-state index >= 15 is 0 Å². The Kier molecular flexibility index (Phi) is 3.87. The summed E-state index contributed by atoms with van der Waals surface area (Å²) >= 11 is 6.05. The van der Waals surface area contributed by atoms with Crippen molar-refractivity contribution in [2.24, 2.45) is 0 Å². The third-order valence-electron chi connectivity index (χ3n) is 4.14. The standard InChI is InChI=1S/C18H13ClN2O4S/c1-20-26(23,24)12-4-2-3-10(7-12)13-9-16(22)21-17-14-8-11(19)5-6-15(14)25-18(13)17/h2-9,20H,1H3,(H,21,22). The van der Waals surface area contributed by atoms with Crippen LogP contribution >= 0.6 is 11.6 Å². The molecule has 0 amide bonds. The van der Waals surface area contributed by atoms with Crippen molar-refractivity contribution in [2.45, 2.75) is 4.90 Å². The number of hydrogen-bond acceptors (Lipinski definition) is 4. The molecule has 2 aromatic carbocycles. The van der Waals surface area contributed by atoms with Crippen molar-refractivity contribution in [1.82, 2.24) is 9.71 Å². The van der Waals surface area contributed by atoms with E-state index in [2.05, 4.69) is 9.71 Å². The third-order valence-corrected chi connectivity index (χ3v) is 5.79. The summed E-state index contributed by atoms with van der Waals surface area (Å²) in [5.74, 6) is 0. The number of hydrogen-bond donors (Lipinski definition) is 2. The third kappa shape index (κ3) is 2.70. The Morgan fingerprint density at radius 3 is 2.69 bits per heavy atom. The van der Waals surface area contributed by atoms with E-state index in [0.717, 1.165) is 0 Å². The van der Waals surface area contributed by atoms with E-state index < -0.39 is 10.0 Å². The minimum atomic E-state index is -3.61. The molecule has 132 valence electrons. The Morgan fingerprint density at radius 2 is 1.92 bits per heavy atom. The summed E-state index contributed by atoms with van der Waals surface area (Å²) in [5.41, 5.74) is 2.29. The molecular weight excluding hydrogens is 376 g/mol. The molecular formula is C18H13ClN2O4S. The van der Waals surface area contributed by atoms with Gasteiger partial charge in [0, 0.05) is 22.0 Å². The lowest BCUT2D eigenvalue weighted by Crippen LogP contribution is -2.18. The first-order valence-electron chi connectivity index (χ1n) is 7.68. The van der Waals surface area contributed by atoms with Crippen LogP contribution in [0.15, 0.2) is 62.6 Å². The summed E-state index contributed by atoms with van der Waals surface area (Å²) in [5, 5.41) is 1.21. The van der Waals surface area contributed by atoms with E-state index in [1.54, 1.807) is 30.3 Å². The highest BCUT2D eigenvalue weighted by Crippen LogP contribution is 2.35. The Morgan fingerprint density at radius 1 is 1.12 bits per heavy atom. The molecule has 2 aromatic heterocycles. The number of aromatic nitrogens is 1. The van der Waals surface area contributed by atoms with E-state index in [1.807, 2.05) is 0 Å². The summed E-state index contributed by atoms with van der Waals surface area (Å²) in [4.78, 5) is 15.1. The number of halogens is 1. The van der Waals surface area contributed by atoms with E-state index in [9.17, 15) is 13.2 Å². The zero-order valence-corrected chi connectivity index (χ0v) is 15.1. The number of aromatic amines is 1. The van der Waals surface area contributed by atoms with E-state index in [0.29, 0.717) is 38.2 Å². The van der Waals surface area contributed by atoms with Crippen LogP contribution in [0.4, 0.5) is 0 Å². The molecule has 2 N–H and O–H groups in total. The first-order chi connectivity index (χ1) is 12.4. The summed E-state index contributed by atoms with van der Waals surface area (Å²) in [6.07, 6.45) is 0. The smallest absolute Gasteiger partial charge is 0.249 e. The number of nitrogens with one attached hydrogen (secondary N) is 2. The lowest BCUT2D eigenvalue weighted by Gasteiger charge is -2.06. The SMILES string of the molecule is CNS(=O)(=O)c1cccc(-c2cc(=O)[nH]c3c2oc2ccc(Cl)cc23)c1. The first-order valence-corrected chi connectivity index (χ1v) is 9.54. The van der Waals surface area contributed by atoms with Crippen molar-refractivity contribution in [1.29, 1.82) is 0 Å². The lowest BCUT2D eigenvalue weighted by molar-refractivity contribution is 0.588. The van der Waals surface area contributed by atoms with Crippen molar-refractivity contribution >= 4 is 43.7 Å². The van der Waals surface area contributed by atoms with Gasteiger partial charge in [0.15, 0.2) is 5.58 Å². The summed E-state index contributed by atoms with van der Waals surface area (Å²) in [7, 11) is -2.26. The summed E-state index contributed by atoms with van der Waals surface area (Å²) in [6.45, 7) is 0. The fourth-order valence-corrected chi connectivity index (χ4v) is 3.85. The second kappa shape index (κ2) is 5.98. The zero-order chi connectivity index (χ0) is 18.5. The number of furan rings is 1. The average Bonchev–Trinajstić information content (AvgIpc) is 2.99. The van der Waals surface area contributed by atoms with Crippen LogP contribution in [-0.2, 0) is 10.0 Å². The highest BCUT2D eigenvalue weighted by atomic mass is 35.5. The Bertz CT molecular complexity index is 1320. The van der Waals surface area contributed by atoms with Crippen LogP contribution in [0.1, 0.15) is 0 Å². The van der Waals surface area contributed by atoms with Gasteiger partial charge in [0.05, 0.1) is 10.4 Å². The molecule has 2 heterocycles. The highest BCUT2D eigenvalue weighted by molar-refractivity contribution is 7.89. The van der Waals surface area contributed by atoms with Gasteiger partial charge in [-0.1, -0.05) is 23.7 Å². The maximum absolute atomic E-state index is 12.2. The molecule has 0 saturated carbocycles. The average molecular weight is 389 g/mol. The minimum absolute atomic E-state index is 0.102. The zero-order valence-electron chi connectivity index (χ0n) is 13.5. The highest BCUT2D eigenvalue weighted by Gasteiger charge is 2.17. The predicted octanol–water partition coefficient (Wildman–Crippen LogP) is 3.50. The normalized spacial score (nSPS) is 12.1. The van der Waals surface area contributed by atoms with Crippen LogP contribution in [0.5, 0.6) is 0 Å². The molecule has 0 radical (unpaired) electrons. The lowest BCUT2D eigenvalue weighted by atomic mass is 10.1. The van der Waals surface area contributed by atoms with E-state index in [4.69, 9.17) is 16.0 Å². The van der Waals surface area contributed by atoms with Crippen LogP contribution in [0, 0.1) is 0 Å². The van der Waals surface area contributed by atoms with Gasteiger partial charge in [-0.15, -0.1) is 0 Å². The molecule has 6 nitrogen and oxygen atoms in total. The quantitative estimate of drug-likeness (QED) is 0.561. The van der Waals surface area contributed by atoms with Crippen LogP contribution < -0.4 is 10.3 Å². The minimum Gasteiger partial charge on any atom is -0.454 e. The Hall–Kier alpha value is -2.61. The van der Waals surface area contributed by atoms with Crippen molar-refractivity contribution in [3.05, 3.63) is 63.9 Å². The summed E-state index contributed by atoms with van der Waals surface area (Å²) in [6, 6.07) is 12.8. The fraction of sp³-hybridized carbons (Fsp3) is 0.0556. The van der Waals surface area contributed by atoms with Crippen molar-refractivity contribution in [3.63, 3.8) is 0 Å². The number of fused-ring (bicyclic) bond motifs is 3. The predicted molar refractivity (Wildman–Crippen MR) is 101 cm³/mol. The van der Waals surface area contributed by atoms with Crippen LogP contribution in [0.2, 0.25) is 5.02 Å².